The lowest BCUT2D eigenvalue weighted by Crippen LogP contribution is -2.45. The molecule has 0 spiro atoms. The molecule has 0 aromatic carbocycles. The Bertz CT molecular complexity index is 859. The minimum atomic E-state index is -0.0791. The average molecular weight is 400 g/mol. The fourth-order valence-electron chi connectivity index (χ4n) is 3.20. The van der Waals surface area contributed by atoms with Crippen LogP contribution in [0.2, 0.25) is 0 Å². The highest BCUT2D eigenvalue weighted by Gasteiger charge is 2.33. The number of nitrogens with zero attached hydrogens (tertiary/aromatic N) is 2. The molecule has 2 aromatic rings. The molecule has 1 N–H and O–H groups in total. The number of ether oxygens (including phenoxy) is 2. The van der Waals surface area contributed by atoms with Gasteiger partial charge in [-0.2, -0.15) is 0 Å². The Morgan fingerprint density at radius 3 is 2.38 bits per heavy atom. The van der Waals surface area contributed by atoms with Crippen molar-refractivity contribution in [2.75, 3.05) is 33.0 Å². The SMILES string of the molecule is Cc1cc[n+]2c(c1)-c1cc(C(=O)NCCOCCOCCC(C)(C)C)cc[n+]1C2. The summed E-state index contributed by atoms with van der Waals surface area (Å²) in [6, 6.07) is 8.07. The Balaban J connectivity index is 1.40. The van der Waals surface area contributed by atoms with Crippen LogP contribution in [0.5, 0.6) is 0 Å². The van der Waals surface area contributed by atoms with Crippen LogP contribution in [-0.4, -0.2) is 38.9 Å². The fraction of sp³-hybridized carbons (Fsp3) is 0.522. The summed E-state index contributed by atoms with van der Waals surface area (Å²) in [4.78, 5) is 12.5. The second kappa shape index (κ2) is 9.46. The molecule has 1 amide bonds. The fourth-order valence-corrected chi connectivity index (χ4v) is 3.20. The number of nitrogens with one attached hydrogen (secondary N) is 1. The number of fused-ring (bicyclic) bond motifs is 3. The van der Waals surface area contributed by atoms with E-state index < -0.39 is 0 Å². The van der Waals surface area contributed by atoms with Gasteiger partial charge in [-0.15, -0.1) is 9.13 Å². The lowest BCUT2D eigenvalue weighted by Gasteiger charge is -2.17. The first-order valence-electron chi connectivity index (χ1n) is 10.3. The van der Waals surface area contributed by atoms with E-state index in [1.807, 2.05) is 18.3 Å². The van der Waals surface area contributed by atoms with Crippen LogP contribution in [0.4, 0.5) is 0 Å². The van der Waals surface area contributed by atoms with Crippen molar-refractivity contribution in [2.24, 2.45) is 5.41 Å². The maximum absolute atomic E-state index is 12.5. The summed E-state index contributed by atoms with van der Waals surface area (Å²) in [5.41, 5.74) is 4.36. The summed E-state index contributed by atoms with van der Waals surface area (Å²) in [5, 5.41) is 2.93. The van der Waals surface area contributed by atoms with Gasteiger partial charge in [-0.1, -0.05) is 20.8 Å². The van der Waals surface area contributed by atoms with Crippen molar-refractivity contribution in [1.29, 1.82) is 0 Å². The molecule has 1 aliphatic heterocycles. The molecule has 2 aromatic heterocycles. The van der Waals surface area contributed by atoms with E-state index in [1.165, 1.54) is 5.56 Å². The van der Waals surface area contributed by atoms with Gasteiger partial charge in [-0.05, 0) is 24.3 Å². The van der Waals surface area contributed by atoms with E-state index in [0.717, 1.165) is 31.1 Å². The average Bonchev–Trinajstić information content (AvgIpc) is 3.02. The lowest BCUT2D eigenvalue weighted by atomic mass is 9.93. The Kier molecular flexibility index (Phi) is 6.98. The number of aromatic nitrogens is 2. The number of rotatable bonds is 9. The molecule has 6 heteroatoms. The zero-order valence-electron chi connectivity index (χ0n) is 18.0. The Hall–Kier alpha value is -2.31. The van der Waals surface area contributed by atoms with Crippen LogP contribution in [0.1, 0.15) is 43.1 Å². The number of aryl methyl sites for hydroxylation is 1. The minimum Gasteiger partial charge on any atom is -0.379 e. The Morgan fingerprint density at radius 1 is 1.00 bits per heavy atom. The zero-order valence-corrected chi connectivity index (χ0v) is 18.0. The van der Waals surface area contributed by atoms with Gasteiger partial charge in [0, 0.05) is 37.4 Å². The number of amides is 1. The van der Waals surface area contributed by atoms with Crippen LogP contribution in [-0.2, 0) is 16.1 Å². The third-order valence-corrected chi connectivity index (χ3v) is 4.96. The number of hydrogen-bond donors (Lipinski definition) is 1. The molecule has 0 unspecified atom stereocenters. The third-order valence-electron chi connectivity index (χ3n) is 4.96. The molecule has 156 valence electrons. The van der Waals surface area contributed by atoms with Gasteiger partial charge in [0.25, 0.3) is 17.3 Å². The molecule has 0 saturated heterocycles. The summed E-state index contributed by atoms with van der Waals surface area (Å²) in [7, 11) is 0. The molecule has 0 saturated carbocycles. The molecular formula is C23H33N3O3+2. The van der Waals surface area contributed by atoms with Gasteiger partial charge in [-0.3, -0.25) is 4.79 Å². The highest BCUT2D eigenvalue weighted by molar-refractivity contribution is 5.94. The number of hydrogen-bond acceptors (Lipinski definition) is 3. The predicted molar refractivity (Wildman–Crippen MR) is 110 cm³/mol. The molecule has 0 atom stereocenters. The highest BCUT2D eigenvalue weighted by Crippen LogP contribution is 2.18. The molecule has 0 radical (unpaired) electrons. The molecule has 29 heavy (non-hydrogen) atoms. The van der Waals surface area contributed by atoms with E-state index in [0.29, 0.717) is 37.3 Å². The minimum absolute atomic E-state index is 0.0791. The van der Waals surface area contributed by atoms with Gasteiger partial charge in [0.15, 0.2) is 12.4 Å². The largest absolute Gasteiger partial charge is 0.379 e. The summed E-state index contributed by atoms with van der Waals surface area (Å²) in [5.74, 6) is -0.0791. The van der Waals surface area contributed by atoms with E-state index in [1.54, 1.807) is 0 Å². The third kappa shape index (κ3) is 6.08. The maximum Gasteiger partial charge on any atom is 0.345 e. The molecule has 1 aliphatic rings. The van der Waals surface area contributed by atoms with Crippen LogP contribution in [0, 0.1) is 12.3 Å². The zero-order chi connectivity index (χ0) is 20.9. The monoisotopic (exact) mass is 399 g/mol. The molecule has 0 fully saturated rings. The quantitative estimate of drug-likeness (QED) is 0.444. The number of pyridine rings is 2. The van der Waals surface area contributed by atoms with Crippen molar-refractivity contribution < 1.29 is 23.4 Å². The van der Waals surface area contributed by atoms with Crippen molar-refractivity contribution >= 4 is 5.91 Å². The summed E-state index contributed by atoms with van der Waals surface area (Å²) in [6.45, 7) is 12.3. The lowest BCUT2D eigenvalue weighted by molar-refractivity contribution is -0.877. The summed E-state index contributed by atoms with van der Waals surface area (Å²) >= 11 is 0. The van der Waals surface area contributed by atoms with Crippen LogP contribution < -0.4 is 14.5 Å². The first-order valence-corrected chi connectivity index (χ1v) is 10.3. The highest BCUT2D eigenvalue weighted by atomic mass is 16.5. The van der Waals surface area contributed by atoms with Gasteiger partial charge in [0.05, 0.1) is 25.4 Å². The van der Waals surface area contributed by atoms with Gasteiger partial charge in [0.1, 0.15) is 0 Å². The first-order chi connectivity index (χ1) is 13.8. The molecule has 0 bridgehead atoms. The Morgan fingerprint density at radius 2 is 1.66 bits per heavy atom. The molecule has 6 nitrogen and oxygen atoms in total. The first kappa shape index (κ1) is 21.4. The van der Waals surface area contributed by atoms with Crippen LogP contribution in [0.15, 0.2) is 36.7 Å². The van der Waals surface area contributed by atoms with E-state index in [4.69, 9.17) is 9.47 Å². The van der Waals surface area contributed by atoms with Gasteiger partial charge in [-0.25, -0.2) is 0 Å². The number of carbonyl (C=O) groups excluding carboxylic acids is 1. The Labute approximate surface area is 173 Å². The standard InChI is InChI=1S/C23H32N3O3/c1-18-5-9-25-17-26-10-6-19(16-21(26)20(25)15-18)22(27)24-8-12-29-14-13-28-11-7-23(2,3)4/h5-6,9-10,15-16H,7-8,11-14,17H2,1-4H3/q+1/p+1. The van der Waals surface area contributed by atoms with Crippen LogP contribution in [0.3, 0.4) is 0 Å². The summed E-state index contributed by atoms with van der Waals surface area (Å²) < 4.78 is 15.4. The van der Waals surface area contributed by atoms with Crippen molar-refractivity contribution in [2.45, 2.75) is 40.8 Å². The van der Waals surface area contributed by atoms with E-state index in [2.05, 4.69) is 60.5 Å². The molecule has 3 rings (SSSR count). The topological polar surface area (TPSA) is 55.3 Å². The van der Waals surface area contributed by atoms with Crippen molar-refractivity contribution in [3.63, 3.8) is 0 Å². The van der Waals surface area contributed by atoms with Crippen molar-refractivity contribution in [1.82, 2.24) is 5.32 Å². The maximum atomic E-state index is 12.5. The van der Waals surface area contributed by atoms with E-state index in [9.17, 15) is 4.79 Å². The molecular weight excluding hydrogens is 366 g/mol. The van der Waals surface area contributed by atoms with Crippen LogP contribution in [0.25, 0.3) is 11.4 Å². The van der Waals surface area contributed by atoms with Gasteiger partial charge in [0.2, 0.25) is 0 Å². The van der Waals surface area contributed by atoms with Gasteiger partial charge >= 0.3 is 6.67 Å². The van der Waals surface area contributed by atoms with Crippen molar-refractivity contribution in [3.05, 3.63) is 47.8 Å². The molecule has 0 aliphatic carbocycles. The molecule has 3 heterocycles. The van der Waals surface area contributed by atoms with Gasteiger partial charge < -0.3 is 14.8 Å². The van der Waals surface area contributed by atoms with E-state index >= 15 is 0 Å². The van der Waals surface area contributed by atoms with Crippen LogP contribution >= 0.6 is 0 Å². The smallest absolute Gasteiger partial charge is 0.345 e. The predicted octanol–water partition coefficient (Wildman–Crippen LogP) is 2.26. The number of carbonyl (C=O) groups is 1. The van der Waals surface area contributed by atoms with E-state index in [-0.39, 0.29) is 5.91 Å². The second-order valence-electron chi connectivity index (χ2n) is 8.76. The second-order valence-corrected chi connectivity index (χ2v) is 8.76. The summed E-state index contributed by atoms with van der Waals surface area (Å²) in [6.07, 6.45) is 5.09. The van der Waals surface area contributed by atoms with Crippen molar-refractivity contribution in [3.8, 4) is 11.4 Å². The normalized spacial score (nSPS) is 12.6.